The van der Waals surface area contributed by atoms with Gasteiger partial charge < -0.3 is 21.0 Å². The number of hydrogen-bond donors (Lipinski definition) is 3. The van der Waals surface area contributed by atoms with Gasteiger partial charge in [0, 0.05) is 35.4 Å². The molecule has 0 aromatic heterocycles. The lowest BCUT2D eigenvalue weighted by Crippen LogP contribution is -2.27. The molecule has 0 amide bonds. The third-order valence-electron chi connectivity index (χ3n) is 2.98. The Kier molecular flexibility index (Phi) is 6.47. The Hall–Kier alpha value is -1.60. The summed E-state index contributed by atoms with van der Waals surface area (Å²) in [5.41, 5.74) is 7.11. The molecule has 0 radical (unpaired) electrons. The van der Waals surface area contributed by atoms with Crippen molar-refractivity contribution in [3.8, 4) is 5.75 Å². The molecule has 4 N–H and O–H groups in total. The fourth-order valence-electron chi connectivity index (χ4n) is 1.65. The van der Waals surface area contributed by atoms with Gasteiger partial charge in [-0.3, -0.25) is 4.21 Å². The molecule has 112 valence electrons. The lowest BCUT2D eigenvalue weighted by molar-refractivity contribution is 0.318. The minimum absolute atomic E-state index is 0.0105. The molecular formula is C13H21N3O3S. The van der Waals surface area contributed by atoms with E-state index in [-0.39, 0.29) is 11.1 Å². The van der Waals surface area contributed by atoms with Gasteiger partial charge in [-0.25, -0.2) is 0 Å². The van der Waals surface area contributed by atoms with Gasteiger partial charge in [0.05, 0.1) is 12.7 Å². The zero-order chi connectivity index (χ0) is 15.1. The molecule has 20 heavy (non-hydrogen) atoms. The third kappa shape index (κ3) is 4.50. The zero-order valence-corrected chi connectivity index (χ0v) is 12.7. The van der Waals surface area contributed by atoms with E-state index in [0.717, 1.165) is 5.56 Å². The van der Waals surface area contributed by atoms with Crippen LogP contribution in [0.2, 0.25) is 0 Å². The van der Waals surface area contributed by atoms with Gasteiger partial charge in [0.1, 0.15) is 5.75 Å². The number of benzene rings is 1. The summed E-state index contributed by atoms with van der Waals surface area (Å²) in [7, 11) is 0.698. The van der Waals surface area contributed by atoms with E-state index in [1.807, 2.05) is 19.1 Å². The number of hydrogen-bond acceptors (Lipinski definition) is 5. The zero-order valence-electron chi connectivity index (χ0n) is 11.9. The van der Waals surface area contributed by atoms with Crippen molar-refractivity contribution in [3.63, 3.8) is 0 Å². The number of nitrogens with zero attached hydrogens (tertiary/aromatic N) is 1. The van der Waals surface area contributed by atoms with Gasteiger partial charge in [0.2, 0.25) is 0 Å². The molecule has 7 heteroatoms. The highest BCUT2D eigenvalue weighted by atomic mass is 32.2. The summed E-state index contributed by atoms with van der Waals surface area (Å²) >= 11 is 0. The number of methoxy groups -OCH3 is 1. The van der Waals surface area contributed by atoms with E-state index >= 15 is 0 Å². The summed E-state index contributed by atoms with van der Waals surface area (Å²) in [6.45, 7) is 3.24. The standard InChI is InChI=1S/C13H21N3O3S/c1-9(20(3)18)7-15-8-10-4-5-11(13(14)16-17)12(6-10)19-2/h4-6,9,15,17H,7-8H2,1-3H3,(H2,14,16). The summed E-state index contributed by atoms with van der Waals surface area (Å²) in [5, 5.41) is 15.0. The van der Waals surface area contributed by atoms with Gasteiger partial charge in [-0.1, -0.05) is 11.2 Å². The van der Waals surface area contributed by atoms with Crippen LogP contribution in [-0.2, 0) is 17.3 Å². The fraction of sp³-hybridized carbons (Fsp3) is 0.462. The Morgan fingerprint density at radius 2 is 2.30 bits per heavy atom. The van der Waals surface area contributed by atoms with Gasteiger partial charge in [-0.15, -0.1) is 0 Å². The predicted octanol–water partition coefficient (Wildman–Crippen LogP) is 0.646. The van der Waals surface area contributed by atoms with Crippen LogP contribution < -0.4 is 15.8 Å². The summed E-state index contributed by atoms with van der Waals surface area (Å²) < 4.78 is 16.5. The normalized spacial score (nSPS) is 14.8. The summed E-state index contributed by atoms with van der Waals surface area (Å²) in [6.07, 6.45) is 1.70. The second-order valence-electron chi connectivity index (χ2n) is 4.46. The monoisotopic (exact) mass is 299 g/mol. The number of rotatable bonds is 7. The lowest BCUT2D eigenvalue weighted by Gasteiger charge is -2.12. The minimum atomic E-state index is -0.833. The van der Waals surface area contributed by atoms with Crippen LogP contribution in [0.15, 0.2) is 23.4 Å². The molecule has 2 unspecified atom stereocenters. The second kappa shape index (κ2) is 7.86. The Labute approximate surface area is 121 Å². The number of amidine groups is 1. The molecule has 0 bridgehead atoms. The van der Waals surface area contributed by atoms with Crippen LogP contribution >= 0.6 is 0 Å². The first-order valence-corrected chi connectivity index (χ1v) is 7.79. The quantitative estimate of drug-likeness (QED) is 0.297. The van der Waals surface area contributed by atoms with Gasteiger partial charge in [-0.05, 0) is 24.6 Å². The molecule has 0 saturated carbocycles. The molecule has 2 atom stereocenters. The van der Waals surface area contributed by atoms with Gasteiger partial charge in [-0.2, -0.15) is 0 Å². The van der Waals surface area contributed by atoms with Crippen molar-refractivity contribution < 1.29 is 14.2 Å². The summed E-state index contributed by atoms with van der Waals surface area (Å²) in [5.74, 6) is 0.558. The van der Waals surface area contributed by atoms with Crippen molar-refractivity contribution in [1.82, 2.24) is 5.32 Å². The Morgan fingerprint density at radius 3 is 2.85 bits per heavy atom. The first kappa shape index (κ1) is 16.5. The molecule has 0 fully saturated rings. The molecule has 1 aromatic carbocycles. The van der Waals surface area contributed by atoms with E-state index in [1.54, 1.807) is 12.3 Å². The van der Waals surface area contributed by atoms with E-state index in [9.17, 15) is 4.21 Å². The first-order valence-electron chi connectivity index (χ1n) is 6.17. The van der Waals surface area contributed by atoms with Gasteiger partial charge in [0.15, 0.2) is 5.84 Å². The van der Waals surface area contributed by atoms with E-state index < -0.39 is 10.8 Å². The van der Waals surface area contributed by atoms with Crippen molar-refractivity contribution in [3.05, 3.63) is 29.3 Å². The Balaban J connectivity index is 2.71. The van der Waals surface area contributed by atoms with Crippen LogP contribution in [0.5, 0.6) is 5.75 Å². The molecule has 0 saturated heterocycles. The molecule has 6 nitrogen and oxygen atoms in total. The fourth-order valence-corrected chi connectivity index (χ4v) is 2.00. The maximum atomic E-state index is 11.2. The second-order valence-corrected chi connectivity index (χ2v) is 6.26. The lowest BCUT2D eigenvalue weighted by atomic mass is 10.1. The van der Waals surface area contributed by atoms with Crippen LogP contribution in [0.1, 0.15) is 18.1 Å². The van der Waals surface area contributed by atoms with Crippen LogP contribution in [0.3, 0.4) is 0 Å². The SMILES string of the molecule is COc1cc(CNCC(C)S(C)=O)ccc1/C(N)=N/O. The average molecular weight is 299 g/mol. The molecule has 0 aliphatic rings. The molecular weight excluding hydrogens is 278 g/mol. The highest BCUT2D eigenvalue weighted by Gasteiger charge is 2.09. The summed E-state index contributed by atoms with van der Waals surface area (Å²) in [6, 6.07) is 5.44. The molecule has 0 aliphatic heterocycles. The maximum absolute atomic E-state index is 11.2. The van der Waals surface area contributed by atoms with Crippen molar-refractivity contribution in [1.29, 1.82) is 0 Å². The Bertz CT molecular complexity index is 506. The molecule has 0 heterocycles. The minimum Gasteiger partial charge on any atom is -0.496 e. The molecule has 0 aliphatic carbocycles. The van der Waals surface area contributed by atoms with E-state index in [4.69, 9.17) is 15.7 Å². The smallest absolute Gasteiger partial charge is 0.173 e. The third-order valence-corrected chi connectivity index (χ3v) is 4.28. The Morgan fingerprint density at radius 1 is 1.60 bits per heavy atom. The summed E-state index contributed by atoms with van der Waals surface area (Å²) in [4.78, 5) is 0. The number of nitrogens with two attached hydrogens (primary N) is 1. The van der Waals surface area contributed by atoms with Crippen LogP contribution in [0, 0.1) is 0 Å². The van der Waals surface area contributed by atoms with Crippen molar-refractivity contribution in [2.75, 3.05) is 19.9 Å². The van der Waals surface area contributed by atoms with E-state index in [0.29, 0.717) is 24.4 Å². The molecule has 0 spiro atoms. The first-order chi connectivity index (χ1) is 9.49. The molecule has 1 aromatic rings. The highest BCUT2D eigenvalue weighted by molar-refractivity contribution is 7.84. The number of nitrogens with one attached hydrogen (secondary N) is 1. The average Bonchev–Trinajstić information content (AvgIpc) is 2.45. The molecule has 1 rings (SSSR count). The maximum Gasteiger partial charge on any atom is 0.173 e. The number of oxime groups is 1. The van der Waals surface area contributed by atoms with Crippen molar-refractivity contribution in [2.45, 2.75) is 18.7 Å². The van der Waals surface area contributed by atoms with Crippen molar-refractivity contribution in [2.24, 2.45) is 10.9 Å². The largest absolute Gasteiger partial charge is 0.496 e. The topological polar surface area (TPSA) is 96.9 Å². The van der Waals surface area contributed by atoms with Crippen molar-refractivity contribution >= 4 is 16.6 Å². The van der Waals surface area contributed by atoms with Gasteiger partial charge in [0.25, 0.3) is 0 Å². The number of ether oxygens (including phenoxy) is 1. The van der Waals surface area contributed by atoms with E-state index in [1.165, 1.54) is 7.11 Å². The highest BCUT2D eigenvalue weighted by Crippen LogP contribution is 2.20. The van der Waals surface area contributed by atoms with Crippen LogP contribution in [0.25, 0.3) is 0 Å². The predicted molar refractivity (Wildman–Crippen MR) is 80.7 cm³/mol. The van der Waals surface area contributed by atoms with E-state index in [2.05, 4.69) is 10.5 Å². The van der Waals surface area contributed by atoms with Gasteiger partial charge >= 0.3 is 0 Å². The van der Waals surface area contributed by atoms with Crippen LogP contribution in [0.4, 0.5) is 0 Å². The van der Waals surface area contributed by atoms with Crippen LogP contribution in [-0.4, -0.2) is 40.4 Å².